The van der Waals surface area contributed by atoms with Crippen molar-refractivity contribution >= 4 is 27.6 Å². The average Bonchev–Trinajstić information content (AvgIpc) is 2.73. The van der Waals surface area contributed by atoms with Crippen LogP contribution in [0.3, 0.4) is 0 Å². The average molecular weight is 485 g/mol. The fraction of sp³-hybridized carbons (Fsp3) is 0.409. The van der Waals surface area contributed by atoms with Gasteiger partial charge in [0.25, 0.3) is 16.0 Å². The minimum atomic E-state index is -4.28. The van der Waals surface area contributed by atoms with Crippen LogP contribution >= 0.6 is 11.6 Å². The molecule has 1 fully saturated rings. The largest absolute Gasteiger partial charge is 0.483 e. The molecule has 0 saturated carbocycles. The van der Waals surface area contributed by atoms with Crippen LogP contribution in [0, 0.1) is 5.82 Å². The van der Waals surface area contributed by atoms with Gasteiger partial charge < -0.3 is 9.64 Å². The number of benzene rings is 2. The molecule has 174 valence electrons. The van der Waals surface area contributed by atoms with Crippen LogP contribution < -0.4 is 4.74 Å². The van der Waals surface area contributed by atoms with E-state index in [1.807, 2.05) is 6.92 Å². The van der Waals surface area contributed by atoms with Crippen LogP contribution in [0.25, 0.3) is 0 Å². The van der Waals surface area contributed by atoms with Gasteiger partial charge in [0, 0.05) is 42.8 Å². The van der Waals surface area contributed by atoms with Gasteiger partial charge in [-0.25, -0.2) is 4.39 Å². The number of piperazine rings is 1. The Balaban J connectivity index is 1.60. The highest BCUT2D eigenvalue weighted by Crippen LogP contribution is 2.25. The summed E-state index contributed by atoms with van der Waals surface area (Å²) in [6.07, 6.45) is 0.764. The van der Waals surface area contributed by atoms with Crippen LogP contribution in [0.4, 0.5) is 4.39 Å². The first-order valence-electron chi connectivity index (χ1n) is 10.3. The Labute approximate surface area is 192 Å². The van der Waals surface area contributed by atoms with E-state index >= 15 is 0 Å². The van der Waals surface area contributed by atoms with Crippen molar-refractivity contribution in [3.05, 3.63) is 64.4 Å². The third-order valence-corrected chi connectivity index (χ3v) is 6.30. The first kappa shape index (κ1) is 24.4. The van der Waals surface area contributed by atoms with Crippen LogP contribution in [0.5, 0.6) is 5.75 Å². The standard InChI is InChI=1S/C22H26ClFN2O5S/c1-2-20-13-25(12-16-3-6-19(24)7-4-16)9-10-26(20)22(27)14-31-21-8-5-18(23)11-17(21)15-32(28,29)30/h3-8,11,20H,2,9-10,12-15H2,1H3,(H,28,29,30)/t20-/m1/s1. The summed E-state index contributed by atoms with van der Waals surface area (Å²) in [7, 11) is -4.28. The molecule has 2 aromatic rings. The van der Waals surface area contributed by atoms with E-state index in [1.54, 1.807) is 17.0 Å². The minimum Gasteiger partial charge on any atom is -0.483 e. The van der Waals surface area contributed by atoms with E-state index in [2.05, 4.69) is 4.90 Å². The maximum absolute atomic E-state index is 13.1. The topological polar surface area (TPSA) is 87.2 Å². The minimum absolute atomic E-state index is 0.00260. The van der Waals surface area contributed by atoms with Crippen molar-refractivity contribution < 1.29 is 26.9 Å². The number of halogens is 2. The second-order valence-corrected chi connectivity index (χ2v) is 9.67. The molecule has 1 atom stereocenters. The number of nitrogens with zero attached hydrogens (tertiary/aromatic N) is 2. The van der Waals surface area contributed by atoms with Crippen LogP contribution in [0.2, 0.25) is 5.02 Å². The molecule has 10 heteroatoms. The molecule has 0 spiro atoms. The third kappa shape index (κ3) is 6.90. The summed E-state index contributed by atoms with van der Waals surface area (Å²) < 4.78 is 50.4. The van der Waals surface area contributed by atoms with Crippen molar-refractivity contribution in [3.63, 3.8) is 0 Å². The van der Waals surface area contributed by atoms with E-state index in [-0.39, 0.29) is 35.7 Å². The van der Waals surface area contributed by atoms with Crippen molar-refractivity contribution in [2.75, 3.05) is 26.2 Å². The van der Waals surface area contributed by atoms with Gasteiger partial charge in [0.15, 0.2) is 6.61 Å². The molecule has 0 radical (unpaired) electrons. The number of amides is 1. The van der Waals surface area contributed by atoms with Gasteiger partial charge in [0.2, 0.25) is 0 Å². The summed E-state index contributed by atoms with van der Waals surface area (Å²) in [4.78, 5) is 16.9. The Morgan fingerprint density at radius 3 is 2.59 bits per heavy atom. The number of ether oxygens (including phenoxy) is 1. The van der Waals surface area contributed by atoms with Crippen LogP contribution in [0.15, 0.2) is 42.5 Å². The van der Waals surface area contributed by atoms with Gasteiger partial charge in [-0.1, -0.05) is 30.7 Å². The fourth-order valence-corrected chi connectivity index (χ4v) is 4.62. The molecule has 1 heterocycles. The van der Waals surface area contributed by atoms with E-state index in [9.17, 15) is 17.6 Å². The van der Waals surface area contributed by atoms with Crippen molar-refractivity contribution in [3.8, 4) is 5.75 Å². The van der Waals surface area contributed by atoms with Crippen molar-refractivity contribution in [2.24, 2.45) is 0 Å². The molecule has 2 aromatic carbocycles. The quantitative estimate of drug-likeness (QED) is 0.578. The van der Waals surface area contributed by atoms with Gasteiger partial charge in [0.05, 0.1) is 0 Å². The van der Waals surface area contributed by atoms with Gasteiger partial charge in [-0.3, -0.25) is 14.2 Å². The molecule has 3 rings (SSSR count). The SMILES string of the molecule is CC[C@@H]1CN(Cc2ccc(F)cc2)CCN1C(=O)COc1ccc(Cl)cc1CS(=O)(=O)O. The highest BCUT2D eigenvalue weighted by Gasteiger charge is 2.29. The molecule has 7 nitrogen and oxygen atoms in total. The zero-order chi connectivity index (χ0) is 23.3. The van der Waals surface area contributed by atoms with Crippen LogP contribution in [0.1, 0.15) is 24.5 Å². The van der Waals surface area contributed by atoms with Crippen LogP contribution in [-0.2, 0) is 27.2 Å². The predicted octanol–water partition coefficient (Wildman–Crippen LogP) is 3.37. The molecular formula is C22H26ClFN2O5S. The first-order chi connectivity index (χ1) is 15.1. The molecule has 0 bridgehead atoms. The molecule has 1 saturated heterocycles. The summed E-state index contributed by atoms with van der Waals surface area (Å²) in [5.41, 5.74) is 1.20. The van der Waals surface area contributed by atoms with E-state index in [4.69, 9.17) is 20.9 Å². The van der Waals surface area contributed by atoms with E-state index < -0.39 is 15.9 Å². The molecule has 1 aliphatic heterocycles. The highest BCUT2D eigenvalue weighted by molar-refractivity contribution is 7.85. The zero-order valence-electron chi connectivity index (χ0n) is 17.7. The summed E-state index contributed by atoms with van der Waals surface area (Å²) in [6.45, 7) is 4.33. The summed E-state index contributed by atoms with van der Waals surface area (Å²) in [5.74, 6) is -0.943. The maximum Gasteiger partial charge on any atom is 0.269 e. The molecule has 0 unspecified atom stereocenters. The van der Waals surface area contributed by atoms with Crippen molar-refractivity contribution in [1.82, 2.24) is 9.80 Å². The Kier molecular flexibility index (Phi) is 8.10. The first-order valence-corrected chi connectivity index (χ1v) is 12.3. The van der Waals surface area contributed by atoms with Gasteiger partial charge >= 0.3 is 0 Å². The van der Waals surface area contributed by atoms with Gasteiger partial charge in [-0.2, -0.15) is 8.42 Å². The highest BCUT2D eigenvalue weighted by atomic mass is 35.5. The summed E-state index contributed by atoms with van der Waals surface area (Å²) >= 11 is 5.92. The fourth-order valence-electron chi connectivity index (χ4n) is 3.81. The lowest BCUT2D eigenvalue weighted by Gasteiger charge is -2.41. The van der Waals surface area contributed by atoms with E-state index in [1.165, 1.54) is 30.3 Å². The van der Waals surface area contributed by atoms with Crippen molar-refractivity contribution in [2.45, 2.75) is 31.7 Å². The normalized spacial score (nSPS) is 17.4. The van der Waals surface area contributed by atoms with Gasteiger partial charge in [-0.05, 0) is 42.3 Å². The monoisotopic (exact) mass is 484 g/mol. The summed E-state index contributed by atoms with van der Waals surface area (Å²) in [5, 5.41) is 0.297. The zero-order valence-corrected chi connectivity index (χ0v) is 19.3. The Hall–Kier alpha value is -2.20. The molecule has 1 amide bonds. The van der Waals surface area contributed by atoms with E-state index in [0.29, 0.717) is 31.2 Å². The molecular weight excluding hydrogens is 459 g/mol. The molecule has 1 N–H and O–H groups in total. The summed E-state index contributed by atoms with van der Waals surface area (Å²) in [6, 6.07) is 10.8. The molecule has 0 aliphatic carbocycles. The van der Waals surface area contributed by atoms with Crippen molar-refractivity contribution in [1.29, 1.82) is 0 Å². The maximum atomic E-state index is 13.1. The predicted molar refractivity (Wildman–Crippen MR) is 120 cm³/mol. The second kappa shape index (κ2) is 10.6. The Bertz CT molecular complexity index is 1050. The third-order valence-electron chi connectivity index (χ3n) is 5.39. The number of carbonyl (C=O) groups excluding carboxylic acids is 1. The number of hydrogen-bond donors (Lipinski definition) is 1. The number of rotatable bonds is 8. The molecule has 0 aromatic heterocycles. The molecule has 1 aliphatic rings. The molecule has 32 heavy (non-hydrogen) atoms. The smallest absolute Gasteiger partial charge is 0.269 e. The van der Waals surface area contributed by atoms with Crippen LogP contribution in [-0.4, -0.2) is 61.0 Å². The van der Waals surface area contributed by atoms with Gasteiger partial charge in [0.1, 0.15) is 17.3 Å². The lowest BCUT2D eigenvalue weighted by molar-refractivity contribution is -0.138. The Morgan fingerprint density at radius 1 is 1.22 bits per heavy atom. The number of hydrogen-bond acceptors (Lipinski definition) is 5. The van der Waals surface area contributed by atoms with E-state index in [0.717, 1.165) is 12.0 Å². The lowest BCUT2D eigenvalue weighted by Crippen LogP contribution is -2.55. The Morgan fingerprint density at radius 2 is 1.94 bits per heavy atom. The van der Waals surface area contributed by atoms with Gasteiger partial charge in [-0.15, -0.1) is 0 Å². The number of carbonyl (C=O) groups is 1. The second-order valence-electron chi connectivity index (χ2n) is 7.78. The lowest BCUT2D eigenvalue weighted by atomic mass is 10.1.